The summed E-state index contributed by atoms with van der Waals surface area (Å²) in [4.78, 5) is 21.5. The first-order valence-electron chi connectivity index (χ1n) is 5.63. The molecule has 0 aliphatic carbocycles. The zero-order valence-corrected chi connectivity index (χ0v) is 11.0. The summed E-state index contributed by atoms with van der Waals surface area (Å²) in [7, 11) is 2.78. The second kappa shape index (κ2) is 6.58. The van der Waals surface area contributed by atoms with E-state index in [1.165, 1.54) is 32.4 Å². The van der Waals surface area contributed by atoms with Crippen LogP contribution in [0.4, 0.5) is 11.4 Å². The maximum absolute atomic E-state index is 11.3. The summed E-state index contributed by atoms with van der Waals surface area (Å²) in [5, 5.41) is 13.7. The third-order valence-corrected chi connectivity index (χ3v) is 2.60. The minimum absolute atomic E-state index is 0.0472. The van der Waals surface area contributed by atoms with Gasteiger partial charge in [-0.3, -0.25) is 14.9 Å². The molecule has 1 unspecified atom stereocenters. The van der Waals surface area contributed by atoms with Crippen LogP contribution in [0, 0.1) is 16.0 Å². The SMILES string of the molecule is COC(=O)C(C)CNc1cc([N+](=O)[O-])ccc1OC. The van der Waals surface area contributed by atoms with Gasteiger partial charge in [-0.2, -0.15) is 0 Å². The van der Waals surface area contributed by atoms with Gasteiger partial charge in [-0.25, -0.2) is 0 Å². The lowest BCUT2D eigenvalue weighted by atomic mass is 10.1. The number of carbonyl (C=O) groups excluding carboxylic acids is 1. The number of rotatable bonds is 6. The standard InChI is InChI=1S/C12H16N2O5/c1-8(12(15)19-3)7-13-10-6-9(14(16)17)4-5-11(10)18-2/h4-6,8,13H,7H2,1-3H3. The van der Waals surface area contributed by atoms with Crippen LogP contribution in [0.5, 0.6) is 5.75 Å². The molecule has 1 rings (SSSR count). The van der Waals surface area contributed by atoms with Crippen LogP contribution in [0.1, 0.15) is 6.92 Å². The van der Waals surface area contributed by atoms with Crippen molar-refractivity contribution in [2.24, 2.45) is 5.92 Å². The van der Waals surface area contributed by atoms with Crippen molar-refractivity contribution in [3.63, 3.8) is 0 Å². The predicted octanol–water partition coefficient (Wildman–Crippen LogP) is 1.82. The minimum atomic E-state index is -0.492. The van der Waals surface area contributed by atoms with Crippen molar-refractivity contribution in [2.75, 3.05) is 26.1 Å². The fraction of sp³-hybridized carbons (Fsp3) is 0.417. The number of ether oxygens (including phenoxy) is 2. The zero-order chi connectivity index (χ0) is 14.4. The second-order valence-electron chi connectivity index (χ2n) is 3.95. The summed E-state index contributed by atoms with van der Waals surface area (Å²) in [5.41, 5.74) is 0.418. The van der Waals surface area contributed by atoms with Crippen LogP contribution < -0.4 is 10.1 Å². The van der Waals surface area contributed by atoms with Crippen molar-refractivity contribution in [1.29, 1.82) is 0 Å². The molecule has 7 heteroatoms. The Bertz CT molecular complexity index is 475. The van der Waals surface area contributed by atoms with Gasteiger partial charge in [0.25, 0.3) is 5.69 Å². The molecule has 0 saturated carbocycles. The van der Waals surface area contributed by atoms with Crippen LogP contribution in [0.15, 0.2) is 18.2 Å². The molecule has 1 N–H and O–H groups in total. The fourth-order valence-electron chi connectivity index (χ4n) is 1.50. The molecule has 104 valence electrons. The number of anilines is 1. The molecule has 1 aromatic carbocycles. The van der Waals surface area contributed by atoms with Crippen LogP contribution in [0.2, 0.25) is 0 Å². The van der Waals surface area contributed by atoms with Crippen molar-refractivity contribution < 1.29 is 19.2 Å². The van der Waals surface area contributed by atoms with Gasteiger partial charge in [-0.05, 0) is 6.07 Å². The number of nitrogens with zero attached hydrogens (tertiary/aromatic N) is 1. The highest BCUT2D eigenvalue weighted by Gasteiger charge is 2.15. The Kier molecular flexibility index (Phi) is 5.11. The molecule has 0 bridgehead atoms. The average molecular weight is 268 g/mol. The van der Waals surface area contributed by atoms with Crippen molar-refractivity contribution >= 4 is 17.3 Å². The number of benzene rings is 1. The third-order valence-electron chi connectivity index (χ3n) is 2.60. The number of hydrogen-bond acceptors (Lipinski definition) is 6. The van der Waals surface area contributed by atoms with Crippen LogP contribution >= 0.6 is 0 Å². The summed E-state index contributed by atoms with van der Waals surface area (Å²) in [5.74, 6) is -0.242. The first-order chi connectivity index (χ1) is 8.99. The first kappa shape index (κ1) is 14.7. The molecular formula is C12H16N2O5. The molecule has 0 heterocycles. The molecular weight excluding hydrogens is 252 g/mol. The van der Waals surface area contributed by atoms with Gasteiger partial charge in [0.05, 0.1) is 30.7 Å². The lowest BCUT2D eigenvalue weighted by molar-refractivity contribution is -0.384. The first-order valence-corrected chi connectivity index (χ1v) is 5.63. The van der Waals surface area contributed by atoms with Crippen molar-refractivity contribution in [2.45, 2.75) is 6.92 Å². The van der Waals surface area contributed by atoms with Gasteiger partial charge in [0, 0.05) is 18.7 Å². The van der Waals surface area contributed by atoms with E-state index in [4.69, 9.17) is 4.74 Å². The monoisotopic (exact) mass is 268 g/mol. The van der Waals surface area contributed by atoms with E-state index < -0.39 is 4.92 Å². The highest BCUT2D eigenvalue weighted by atomic mass is 16.6. The molecule has 0 aliphatic heterocycles. The Hall–Kier alpha value is -2.31. The van der Waals surface area contributed by atoms with E-state index >= 15 is 0 Å². The number of methoxy groups -OCH3 is 2. The number of nitro benzene ring substituents is 1. The van der Waals surface area contributed by atoms with E-state index in [0.29, 0.717) is 18.0 Å². The predicted molar refractivity (Wildman–Crippen MR) is 69.3 cm³/mol. The molecule has 0 spiro atoms. The molecule has 19 heavy (non-hydrogen) atoms. The highest BCUT2D eigenvalue weighted by Crippen LogP contribution is 2.28. The van der Waals surface area contributed by atoms with Crippen LogP contribution in [-0.4, -0.2) is 31.7 Å². The lowest BCUT2D eigenvalue weighted by Crippen LogP contribution is -2.21. The van der Waals surface area contributed by atoms with Gasteiger partial charge in [0.1, 0.15) is 5.75 Å². The molecule has 1 aromatic rings. The Morgan fingerprint density at radius 1 is 1.47 bits per heavy atom. The van der Waals surface area contributed by atoms with Crippen molar-refractivity contribution in [3.8, 4) is 5.75 Å². The number of hydrogen-bond donors (Lipinski definition) is 1. The van der Waals surface area contributed by atoms with E-state index in [9.17, 15) is 14.9 Å². The maximum atomic E-state index is 11.3. The maximum Gasteiger partial charge on any atom is 0.310 e. The van der Waals surface area contributed by atoms with E-state index in [2.05, 4.69) is 10.1 Å². The molecule has 0 aliphatic rings. The average Bonchev–Trinajstić information content (AvgIpc) is 2.43. The Morgan fingerprint density at radius 2 is 2.16 bits per heavy atom. The smallest absolute Gasteiger partial charge is 0.310 e. The third kappa shape index (κ3) is 3.84. The Labute approximate surface area is 110 Å². The summed E-state index contributed by atoms with van der Waals surface area (Å²) >= 11 is 0. The normalized spacial score (nSPS) is 11.5. The van der Waals surface area contributed by atoms with Gasteiger partial charge >= 0.3 is 5.97 Å². The summed E-state index contributed by atoms with van der Waals surface area (Å²) in [6, 6.07) is 4.22. The second-order valence-corrected chi connectivity index (χ2v) is 3.95. The molecule has 7 nitrogen and oxygen atoms in total. The topological polar surface area (TPSA) is 90.7 Å². The lowest BCUT2D eigenvalue weighted by Gasteiger charge is -2.14. The number of carbonyl (C=O) groups is 1. The summed E-state index contributed by atoms with van der Waals surface area (Å²) in [6.07, 6.45) is 0. The molecule has 0 radical (unpaired) electrons. The van der Waals surface area contributed by atoms with E-state index in [0.717, 1.165) is 0 Å². The van der Waals surface area contributed by atoms with Gasteiger partial charge in [-0.1, -0.05) is 6.92 Å². The van der Waals surface area contributed by atoms with Gasteiger partial charge in [0.2, 0.25) is 0 Å². The van der Waals surface area contributed by atoms with E-state index in [1.807, 2.05) is 0 Å². The number of esters is 1. The quantitative estimate of drug-likeness (QED) is 0.481. The molecule has 0 fully saturated rings. The van der Waals surface area contributed by atoms with Crippen LogP contribution in [0.25, 0.3) is 0 Å². The zero-order valence-electron chi connectivity index (χ0n) is 11.0. The largest absolute Gasteiger partial charge is 0.495 e. The molecule has 0 saturated heterocycles. The Balaban J connectivity index is 2.83. The molecule has 0 aromatic heterocycles. The van der Waals surface area contributed by atoms with Gasteiger partial charge in [-0.15, -0.1) is 0 Å². The Morgan fingerprint density at radius 3 is 2.68 bits per heavy atom. The summed E-state index contributed by atoms with van der Waals surface area (Å²) in [6.45, 7) is 1.99. The van der Waals surface area contributed by atoms with Crippen molar-refractivity contribution in [3.05, 3.63) is 28.3 Å². The van der Waals surface area contributed by atoms with E-state index in [1.54, 1.807) is 6.92 Å². The summed E-state index contributed by atoms with van der Waals surface area (Å²) < 4.78 is 9.70. The van der Waals surface area contributed by atoms with Crippen molar-refractivity contribution in [1.82, 2.24) is 0 Å². The van der Waals surface area contributed by atoms with Crippen LogP contribution in [-0.2, 0) is 9.53 Å². The van der Waals surface area contributed by atoms with E-state index in [-0.39, 0.29) is 17.6 Å². The number of non-ortho nitro benzene ring substituents is 1. The molecule has 0 amide bonds. The van der Waals surface area contributed by atoms with Gasteiger partial charge in [0.15, 0.2) is 0 Å². The number of nitrogens with one attached hydrogen (secondary N) is 1. The highest BCUT2D eigenvalue weighted by molar-refractivity contribution is 5.73. The minimum Gasteiger partial charge on any atom is -0.495 e. The van der Waals surface area contributed by atoms with Crippen LogP contribution in [0.3, 0.4) is 0 Å². The fourth-order valence-corrected chi connectivity index (χ4v) is 1.50. The van der Waals surface area contributed by atoms with Gasteiger partial charge < -0.3 is 14.8 Å². The molecule has 1 atom stereocenters. The number of nitro groups is 1.